The Kier molecular flexibility index (Phi) is 5.42. The number of rotatable bonds is 6. The highest BCUT2D eigenvalue weighted by molar-refractivity contribution is 5.87. The van der Waals surface area contributed by atoms with Crippen LogP contribution in [0.3, 0.4) is 0 Å². The van der Waals surface area contributed by atoms with E-state index in [4.69, 9.17) is 9.15 Å². The number of carbonyl (C=O) groups is 2. The molecule has 1 N–H and O–H groups in total. The predicted octanol–water partition coefficient (Wildman–Crippen LogP) is 3.05. The first-order chi connectivity index (χ1) is 10.9. The fraction of sp³-hybridized carbons (Fsp3) is 0.444. The third kappa shape index (κ3) is 4.34. The van der Waals surface area contributed by atoms with Crippen LogP contribution in [0, 0.1) is 13.8 Å². The number of hydrogen-bond donors (Lipinski definition) is 1. The molecule has 1 atom stereocenters. The summed E-state index contributed by atoms with van der Waals surface area (Å²) < 4.78 is 10.5. The van der Waals surface area contributed by atoms with Crippen molar-refractivity contribution >= 4 is 22.8 Å². The Morgan fingerprint density at radius 1 is 1.26 bits per heavy atom. The van der Waals surface area contributed by atoms with Crippen LogP contribution in [0.2, 0.25) is 0 Å². The highest BCUT2D eigenvalue weighted by Gasteiger charge is 2.14. The molecule has 5 heteroatoms. The number of esters is 1. The summed E-state index contributed by atoms with van der Waals surface area (Å²) in [5, 5.41) is 3.66. The lowest BCUT2D eigenvalue weighted by atomic mass is 10.0. The maximum atomic E-state index is 11.9. The zero-order valence-electron chi connectivity index (χ0n) is 14.1. The van der Waals surface area contributed by atoms with E-state index < -0.39 is 5.97 Å². The molecule has 0 spiro atoms. The van der Waals surface area contributed by atoms with Crippen LogP contribution < -0.4 is 5.32 Å². The van der Waals surface area contributed by atoms with Gasteiger partial charge in [0.25, 0.3) is 5.91 Å². The van der Waals surface area contributed by atoms with Crippen LogP contribution >= 0.6 is 0 Å². The number of amides is 1. The molecular weight excluding hydrogens is 294 g/mol. The number of hydrogen-bond acceptors (Lipinski definition) is 4. The van der Waals surface area contributed by atoms with Crippen molar-refractivity contribution in [2.75, 3.05) is 6.61 Å². The Hall–Kier alpha value is -2.30. The number of nitrogens with one attached hydrogen (secondary N) is 1. The number of carbonyl (C=O) groups excluding carboxylic acids is 2. The Morgan fingerprint density at radius 2 is 1.96 bits per heavy atom. The number of benzene rings is 1. The van der Waals surface area contributed by atoms with E-state index in [1.807, 2.05) is 39.8 Å². The van der Waals surface area contributed by atoms with Gasteiger partial charge in [-0.25, -0.2) is 0 Å². The van der Waals surface area contributed by atoms with Crippen LogP contribution in [0.15, 0.2) is 22.8 Å². The van der Waals surface area contributed by atoms with Gasteiger partial charge in [-0.2, -0.15) is 0 Å². The zero-order chi connectivity index (χ0) is 17.0. The lowest BCUT2D eigenvalue weighted by Gasteiger charge is -2.11. The first-order valence-corrected chi connectivity index (χ1v) is 7.83. The van der Waals surface area contributed by atoms with Gasteiger partial charge in [-0.05, 0) is 50.5 Å². The summed E-state index contributed by atoms with van der Waals surface area (Å²) in [6.07, 6.45) is 2.50. The molecule has 1 amide bonds. The van der Waals surface area contributed by atoms with Gasteiger partial charge in [-0.15, -0.1) is 0 Å². The number of ether oxygens (including phenoxy) is 1. The Bertz CT molecular complexity index is 717. The van der Waals surface area contributed by atoms with Crippen molar-refractivity contribution < 1.29 is 18.7 Å². The minimum Gasteiger partial charge on any atom is -0.464 e. The largest absolute Gasteiger partial charge is 0.464 e. The van der Waals surface area contributed by atoms with Crippen LogP contribution in [0.5, 0.6) is 0 Å². The second-order valence-corrected chi connectivity index (χ2v) is 5.91. The number of furan rings is 1. The van der Waals surface area contributed by atoms with E-state index in [2.05, 4.69) is 5.32 Å². The van der Waals surface area contributed by atoms with Gasteiger partial charge in [-0.1, -0.05) is 6.92 Å². The lowest BCUT2D eigenvalue weighted by molar-refractivity contribution is -0.148. The van der Waals surface area contributed by atoms with E-state index >= 15 is 0 Å². The lowest BCUT2D eigenvalue weighted by Crippen LogP contribution is -2.35. The van der Waals surface area contributed by atoms with Crippen LogP contribution in [0.4, 0.5) is 0 Å². The van der Waals surface area contributed by atoms with Gasteiger partial charge in [0, 0.05) is 17.0 Å². The molecule has 2 aromatic rings. The molecule has 0 bridgehead atoms. The fourth-order valence-electron chi connectivity index (χ4n) is 2.24. The highest BCUT2D eigenvalue weighted by atomic mass is 16.5. The standard InChI is InChI=1S/C18H23NO4/c1-5-13(4)19-17(20)10-23-18(21)8-14-9-22-16-7-12(3)11(2)6-15(14)16/h6-7,9,13H,5,8,10H2,1-4H3,(H,19,20)/t13-/m1/s1. The van der Waals surface area contributed by atoms with Gasteiger partial charge >= 0.3 is 5.97 Å². The van der Waals surface area contributed by atoms with Gasteiger partial charge in [0.1, 0.15) is 5.58 Å². The SMILES string of the molecule is CC[C@@H](C)NC(=O)COC(=O)Cc1coc2cc(C)c(C)cc12. The molecule has 0 unspecified atom stereocenters. The summed E-state index contributed by atoms with van der Waals surface area (Å²) in [7, 11) is 0. The van der Waals surface area contributed by atoms with Crippen molar-refractivity contribution in [1.82, 2.24) is 5.32 Å². The summed E-state index contributed by atoms with van der Waals surface area (Å²) in [6.45, 7) is 7.66. The van der Waals surface area contributed by atoms with Crippen molar-refractivity contribution in [2.24, 2.45) is 0 Å². The smallest absolute Gasteiger partial charge is 0.310 e. The fourth-order valence-corrected chi connectivity index (χ4v) is 2.24. The van der Waals surface area contributed by atoms with Crippen LogP contribution in [-0.4, -0.2) is 24.5 Å². The summed E-state index contributed by atoms with van der Waals surface area (Å²) in [5.74, 6) is -0.721. The summed E-state index contributed by atoms with van der Waals surface area (Å²) in [6, 6.07) is 4.04. The molecule has 0 radical (unpaired) electrons. The van der Waals surface area contributed by atoms with Crippen LogP contribution in [0.25, 0.3) is 11.0 Å². The Balaban J connectivity index is 1.96. The maximum Gasteiger partial charge on any atom is 0.310 e. The zero-order valence-corrected chi connectivity index (χ0v) is 14.1. The average molecular weight is 317 g/mol. The monoisotopic (exact) mass is 317 g/mol. The molecule has 0 aliphatic heterocycles. The normalized spacial score (nSPS) is 12.2. The van der Waals surface area contributed by atoms with Gasteiger partial charge in [-0.3, -0.25) is 9.59 Å². The summed E-state index contributed by atoms with van der Waals surface area (Å²) in [4.78, 5) is 23.5. The summed E-state index contributed by atoms with van der Waals surface area (Å²) in [5.41, 5.74) is 3.81. The molecule has 0 aliphatic rings. The molecule has 124 valence electrons. The maximum absolute atomic E-state index is 11.9. The first kappa shape index (κ1) is 17.1. The highest BCUT2D eigenvalue weighted by Crippen LogP contribution is 2.25. The minimum absolute atomic E-state index is 0.0743. The van der Waals surface area contributed by atoms with Crippen molar-refractivity contribution in [3.05, 3.63) is 35.1 Å². The van der Waals surface area contributed by atoms with E-state index in [1.54, 1.807) is 6.26 Å². The molecule has 0 saturated heterocycles. The van der Waals surface area contributed by atoms with Crippen LogP contribution in [-0.2, 0) is 20.7 Å². The van der Waals surface area contributed by atoms with Crippen LogP contribution in [0.1, 0.15) is 37.0 Å². The van der Waals surface area contributed by atoms with E-state index in [9.17, 15) is 9.59 Å². The molecular formula is C18H23NO4. The molecule has 0 saturated carbocycles. The minimum atomic E-state index is -0.440. The van der Waals surface area contributed by atoms with Crippen molar-refractivity contribution in [2.45, 2.75) is 46.6 Å². The third-order valence-electron chi connectivity index (χ3n) is 3.99. The Labute approximate surface area is 136 Å². The summed E-state index contributed by atoms with van der Waals surface area (Å²) >= 11 is 0. The van der Waals surface area contributed by atoms with E-state index in [1.165, 1.54) is 0 Å². The van der Waals surface area contributed by atoms with Gasteiger partial charge in [0.2, 0.25) is 0 Å². The van der Waals surface area contributed by atoms with Crippen molar-refractivity contribution in [1.29, 1.82) is 0 Å². The topological polar surface area (TPSA) is 68.5 Å². The molecule has 1 aromatic carbocycles. The predicted molar refractivity (Wildman–Crippen MR) is 88.2 cm³/mol. The molecule has 5 nitrogen and oxygen atoms in total. The molecule has 0 aliphatic carbocycles. The molecule has 0 fully saturated rings. The average Bonchev–Trinajstić information content (AvgIpc) is 2.87. The second-order valence-electron chi connectivity index (χ2n) is 5.91. The molecule has 1 heterocycles. The quantitative estimate of drug-likeness (QED) is 0.831. The molecule has 2 rings (SSSR count). The van der Waals surface area contributed by atoms with E-state index in [0.717, 1.165) is 34.1 Å². The van der Waals surface area contributed by atoms with Gasteiger partial charge in [0.15, 0.2) is 6.61 Å². The van der Waals surface area contributed by atoms with Crippen molar-refractivity contribution in [3.8, 4) is 0 Å². The van der Waals surface area contributed by atoms with Gasteiger partial charge < -0.3 is 14.5 Å². The number of fused-ring (bicyclic) bond motifs is 1. The van der Waals surface area contributed by atoms with E-state index in [-0.39, 0.29) is 25.0 Å². The second kappa shape index (κ2) is 7.31. The third-order valence-corrected chi connectivity index (χ3v) is 3.99. The Morgan fingerprint density at radius 3 is 2.65 bits per heavy atom. The molecule has 1 aromatic heterocycles. The first-order valence-electron chi connectivity index (χ1n) is 7.83. The van der Waals surface area contributed by atoms with Gasteiger partial charge in [0.05, 0.1) is 12.7 Å². The van der Waals surface area contributed by atoms with Crippen molar-refractivity contribution in [3.63, 3.8) is 0 Å². The number of aryl methyl sites for hydroxylation is 2. The van der Waals surface area contributed by atoms with E-state index in [0.29, 0.717) is 0 Å². The molecule has 23 heavy (non-hydrogen) atoms.